The molecule has 4 nitrogen and oxygen atoms in total. The van der Waals surface area contributed by atoms with Gasteiger partial charge in [-0.3, -0.25) is 0 Å². The van der Waals surface area contributed by atoms with Crippen molar-refractivity contribution in [1.29, 1.82) is 0 Å². The van der Waals surface area contributed by atoms with E-state index in [4.69, 9.17) is 4.74 Å². The topological polar surface area (TPSA) is 63.6 Å². The van der Waals surface area contributed by atoms with Crippen molar-refractivity contribution in [2.45, 2.75) is 103 Å². The minimum atomic E-state index is -4.62. The summed E-state index contributed by atoms with van der Waals surface area (Å²) in [5.74, 6) is -2.00. The third kappa shape index (κ3) is 10.6. The van der Waals surface area contributed by atoms with Crippen LogP contribution in [0.2, 0.25) is 0 Å². The number of rotatable bonds is 17. The second-order valence-electron chi connectivity index (χ2n) is 11.1. The van der Waals surface area contributed by atoms with Crippen LogP contribution in [0.15, 0.2) is 66.7 Å². The first-order chi connectivity index (χ1) is 20.6. The molecule has 0 aliphatic heterocycles. The van der Waals surface area contributed by atoms with Crippen molar-refractivity contribution in [2.75, 3.05) is 0 Å². The van der Waals surface area contributed by atoms with Crippen LogP contribution in [0, 0.1) is 0 Å². The van der Waals surface area contributed by atoms with E-state index in [1.54, 1.807) is 36.4 Å². The van der Waals surface area contributed by atoms with Crippen LogP contribution in [-0.4, -0.2) is 29.3 Å². The van der Waals surface area contributed by atoms with Crippen LogP contribution in [0.3, 0.4) is 0 Å². The monoisotopic (exact) mass is 596 g/mol. The van der Waals surface area contributed by atoms with Gasteiger partial charge in [0.25, 0.3) is 0 Å². The van der Waals surface area contributed by atoms with Crippen LogP contribution in [0.5, 0.6) is 0 Å². The molecule has 0 radical (unpaired) electrons. The average molecular weight is 597 g/mol. The van der Waals surface area contributed by atoms with Gasteiger partial charge in [-0.25, -0.2) is 9.59 Å². The predicted molar refractivity (Wildman–Crippen MR) is 165 cm³/mol. The second kappa shape index (κ2) is 16.9. The van der Waals surface area contributed by atoms with Crippen molar-refractivity contribution >= 4 is 11.9 Å². The number of hydrogen-bond donors (Lipinski definition) is 1. The summed E-state index contributed by atoms with van der Waals surface area (Å²) in [6.07, 6.45) is 3.79. The highest BCUT2D eigenvalue weighted by Crippen LogP contribution is 2.34. The van der Waals surface area contributed by atoms with Gasteiger partial charge in [-0.1, -0.05) is 108 Å². The average Bonchev–Trinajstić information content (AvgIpc) is 3.00. The van der Waals surface area contributed by atoms with Crippen molar-refractivity contribution in [3.05, 3.63) is 83.4 Å². The summed E-state index contributed by atoms with van der Waals surface area (Å²) in [6, 6.07) is 19.3. The Morgan fingerprint density at radius 2 is 1.23 bits per heavy atom. The molecule has 7 heteroatoms. The Kier molecular flexibility index (Phi) is 13.3. The highest BCUT2D eigenvalue weighted by Gasteiger charge is 2.42. The number of carbonyl (C=O) groups is 2. The van der Waals surface area contributed by atoms with Crippen molar-refractivity contribution in [3.8, 4) is 22.3 Å². The fourth-order valence-electron chi connectivity index (χ4n) is 5.17. The Morgan fingerprint density at radius 3 is 1.81 bits per heavy atom. The number of carbonyl (C=O) groups excluding carboxylic acids is 1. The molecule has 43 heavy (non-hydrogen) atoms. The molecule has 0 aromatic heterocycles. The van der Waals surface area contributed by atoms with Crippen LogP contribution >= 0.6 is 0 Å². The van der Waals surface area contributed by atoms with Gasteiger partial charge in [-0.15, -0.1) is 0 Å². The number of carboxylic acids is 1. The standard InChI is InChI=1S/C36H43F3O4/c1-3-5-7-9-10-11-13-26-15-24-31(27-16-20-29(21-17-27)34(40)41)32(25-26)28-18-22-30(23-19-28)35(42)43-33(36(37,38)39)14-12-8-6-4-2/h15-25,33H,3-14H2,1-2H3,(H,40,41). The number of aromatic carboxylic acids is 1. The normalized spacial score (nSPS) is 12.2. The number of alkyl halides is 3. The van der Waals surface area contributed by atoms with Gasteiger partial charge in [0.1, 0.15) is 0 Å². The summed E-state index contributed by atoms with van der Waals surface area (Å²) >= 11 is 0. The molecule has 0 amide bonds. The molecule has 3 aromatic carbocycles. The van der Waals surface area contributed by atoms with Crippen LogP contribution in [-0.2, 0) is 11.2 Å². The van der Waals surface area contributed by atoms with E-state index < -0.39 is 24.2 Å². The number of halogens is 3. The third-order valence-corrected chi connectivity index (χ3v) is 7.71. The first-order valence-electron chi connectivity index (χ1n) is 15.5. The Morgan fingerprint density at radius 1 is 0.698 bits per heavy atom. The summed E-state index contributed by atoms with van der Waals surface area (Å²) in [6.45, 7) is 4.18. The summed E-state index contributed by atoms with van der Waals surface area (Å²) in [5.41, 5.74) is 4.84. The molecular weight excluding hydrogens is 553 g/mol. The van der Waals surface area contributed by atoms with E-state index in [9.17, 15) is 27.9 Å². The van der Waals surface area contributed by atoms with Gasteiger partial charge < -0.3 is 9.84 Å². The van der Waals surface area contributed by atoms with Crippen molar-refractivity contribution in [1.82, 2.24) is 0 Å². The molecule has 0 heterocycles. The second-order valence-corrected chi connectivity index (χ2v) is 11.1. The lowest BCUT2D eigenvalue weighted by Crippen LogP contribution is -2.33. The minimum absolute atomic E-state index is 0.0575. The van der Waals surface area contributed by atoms with Crippen LogP contribution in [0.4, 0.5) is 13.2 Å². The van der Waals surface area contributed by atoms with Crippen LogP contribution < -0.4 is 0 Å². The summed E-state index contributed by atoms with van der Waals surface area (Å²) in [5, 5.41) is 9.30. The molecule has 3 rings (SSSR count). The molecule has 0 saturated heterocycles. The number of ether oxygens (including phenoxy) is 1. The molecule has 3 aromatic rings. The maximum absolute atomic E-state index is 13.6. The predicted octanol–water partition coefficient (Wildman–Crippen LogP) is 10.7. The van der Waals surface area contributed by atoms with Gasteiger partial charge >= 0.3 is 18.1 Å². The zero-order valence-electron chi connectivity index (χ0n) is 25.2. The molecule has 232 valence electrons. The largest absolute Gasteiger partial charge is 0.478 e. The van der Waals surface area contributed by atoms with Crippen molar-refractivity contribution in [3.63, 3.8) is 0 Å². The fraction of sp³-hybridized carbons (Fsp3) is 0.444. The zero-order valence-corrected chi connectivity index (χ0v) is 25.2. The molecule has 0 aliphatic carbocycles. The number of unbranched alkanes of at least 4 members (excludes halogenated alkanes) is 8. The SMILES string of the molecule is CCCCCCCCc1ccc(-c2ccc(C(=O)O)cc2)c(-c2ccc(C(=O)OC(CCCCCC)C(F)(F)F)cc2)c1. The van der Waals surface area contributed by atoms with Crippen LogP contribution in [0.25, 0.3) is 22.3 Å². The van der Waals surface area contributed by atoms with Gasteiger partial charge in [-0.2, -0.15) is 13.2 Å². The van der Waals surface area contributed by atoms with Crippen molar-refractivity contribution < 1.29 is 32.6 Å². The van der Waals surface area contributed by atoms with E-state index >= 15 is 0 Å². The van der Waals surface area contributed by atoms with Gasteiger partial charge in [-0.05, 0) is 77.8 Å². The van der Waals surface area contributed by atoms with Gasteiger partial charge in [0.2, 0.25) is 0 Å². The van der Waals surface area contributed by atoms with Gasteiger partial charge in [0.05, 0.1) is 11.1 Å². The van der Waals surface area contributed by atoms with E-state index in [2.05, 4.69) is 19.1 Å². The first kappa shape index (κ1) is 33.9. The van der Waals surface area contributed by atoms with E-state index in [0.717, 1.165) is 59.9 Å². The smallest absolute Gasteiger partial charge is 0.425 e. The Balaban J connectivity index is 1.83. The number of aryl methyl sites for hydroxylation is 1. The molecule has 0 saturated carbocycles. The Bertz CT molecular complexity index is 1300. The molecule has 0 aliphatic rings. The quantitative estimate of drug-likeness (QED) is 0.124. The molecule has 1 atom stereocenters. The zero-order chi connectivity index (χ0) is 31.2. The number of hydrogen-bond acceptors (Lipinski definition) is 3. The van der Waals surface area contributed by atoms with Crippen molar-refractivity contribution in [2.24, 2.45) is 0 Å². The molecule has 1 N–H and O–H groups in total. The van der Waals surface area contributed by atoms with Gasteiger partial charge in [0.15, 0.2) is 6.10 Å². The van der Waals surface area contributed by atoms with Crippen LogP contribution in [0.1, 0.15) is 111 Å². The first-order valence-corrected chi connectivity index (χ1v) is 15.5. The molecule has 0 spiro atoms. The van der Waals surface area contributed by atoms with E-state index in [1.165, 1.54) is 37.8 Å². The number of carboxylic acid groups (broad SMARTS) is 1. The maximum Gasteiger partial charge on any atom is 0.425 e. The third-order valence-electron chi connectivity index (χ3n) is 7.71. The van der Waals surface area contributed by atoms with Gasteiger partial charge in [0, 0.05) is 0 Å². The molecule has 0 bridgehead atoms. The molecular formula is C36H43F3O4. The minimum Gasteiger partial charge on any atom is -0.478 e. The summed E-state index contributed by atoms with van der Waals surface area (Å²) < 4.78 is 45.6. The Hall–Kier alpha value is -3.61. The lowest BCUT2D eigenvalue weighted by atomic mass is 9.91. The van der Waals surface area contributed by atoms with E-state index in [0.29, 0.717) is 12.8 Å². The van der Waals surface area contributed by atoms with E-state index in [-0.39, 0.29) is 17.5 Å². The highest BCUT2D eigenvalue weighted by atomic mass is 19.4. The summed E-state index contributed by atoms with van der Waals surface area (Å²) in [4.78, 5) is 24.1. The fourth-order valence-corrected chi connectivity index (χ4v) is 5.17. The number of esters is 1. The summed E-state index contributed by atoms with van der Waals surface area (Å²) in [7, 11) is 0. The Labute approximate surface area is 253 Å². The molecule has 1 unspecified atom stereocenters. The lowest BCUT2D eigenvalue weighted by Gasteiger charge is -2.21. The van der Waals surface area contributed by atoms with E-state index in [1.807, 2.05) is 13.0 Å². The highest BCUT2D eigenvalue weighted by molar-refractivity contribution is 5.92. The molecule has 0 fully saturated rings. The lowest BCUT2D eigenvalue weighted by molar-refractivity contribution is -0.206. The number of benzene rings is 3. The maximum atomic E-state index is 13.6.